The number of rotatable bonds is 1. The second-order valence-corrected chi connectivity index (χ2v) is 5.04. The molecule has 1 aliphatic carbocycles. The summed E-state index contributed by atoms with van der Waals surface area (Å²) in [5.41, 5.74) is 0. The molecule has 1 atom stereocenters. The lowest BCUT2D eigenvalue weighted by Crippen LogP contribution is -2.14. The number of hydrogen-bond donors (Lipinski definition) is 0. The summed E-state index contributed by atoms with van der Waals surface area (Å²) in [4.78, 5) is 0. The van der Waals surface area contributed by atoms with Gasteiger partial charge in [-0.15, -0.1) is 0 Å². The Morgan fingerprint density at radius 2 is 1.78 bits per heavy atom. The van der Waals surface area contributed by atoms with Gasteiger partial charge < -0.3 is 0 Å². The normalized spacial score (nSPS) is 26.0. The molecule has 1 unspecified atom stereocenters. The van der Waals surface area contributed by atoms with Gasteiger partial charge in [0.15, 0.2) is 0 Å². The van der Waals surface area contributed by atoms with Gasteiger partial charge in [-0.3, -0.25) is 0 Å². The Kier molecular flexibility index (Phi) is 3.30. The largest absolute Gasteiger partial charge is 0.0826 e. The molecule has 1 saturated carbocycles. The van der Waals surface area contributed by atoms with Gasteiger partial charge in [0.1, 0.15) is 0 Å². The van der Waals surface area contributed by atoms with Crippen LogP contribution in [0.15, 0.2) is 0 Å². The van der Waals surface area contributed by atoms with Crippen molar-refractivity contribution in [2.45, 2.75) is 43.0 Å². The second-order valence-electron chi connectivity index (χ2n) is 3.08. The number of alkyl halides is 1. The third-order valence-corrected chi connectivity index (χ3v) is 3.32. The SMILES string of the molecule is CC(I)C1CCCCC1. The van der Waals surface area contributed by atoms with Gasteiger partial charge >= 0.3 is 0 Å². The smallest absolute Gasteiger partial charge is 0.0110 e. The fraction of sp³-hybridized carbons (Fsp3) is 1.00. The van der Waals surface area contributed by atoms with Crippen LogP contribution >= 0.6 is 22.6 Å². The summed E-state index contributed by atoms with van der Waals surface area (Å²) < 4.78 is 0.905. The van der Waals surface area contributed by atoms with E-state index in [0.717, 1.165) is 9.84 Å². The minimum Gasteiger partial charge on any atom is -0.0826 e. The van der Waals surface area contributed by atoms with Crippen LogP contribution in [0.5, 0.6) is 0 Å². The van der Waals surface area contributed by atoms with Crippen LogP contribution in [-0.4, -0.2) is 3.92 Å². The molecule has 0 aliphatic heterocycles. The lowest BCUT2D eigenvalue weighted by molar-refractivity contribution is 0.363. The summed E-state index contributed by atoms with van der Waals surface area (Å²) >= 11 is 2.56. The molecule has 0 aromatic carbocycles. The molecule has 54 valence electrons. The van der Waals surface area contributed by atoms with Crippen LogP contribution in [0.3, 0.4) is 0 Å². The minimum atomic E-state index is 0.905. The van der Waals surface area contributed by atoms with Gasteiger partial charge in [-0.1, -0.05) is 48.8 Å². The highest BCUT2D eigenvalue weighted by Gasteiger charge is 2.16. The summed E-state index contributed by atoms with van der Waals surface area (Å²) in [6.45, 7) is 2.34. The van der Waals surface area contributed by atoms with Crippen LogP contribution in [0.4, 0.5) is 0 Å². The second kappa shape index (κ2) is 3.79. The molecule has 1 fully saturated rings. The van der Waals surface area contributed by atoms with E-state index < -0.39 is 0 Å². The van der Waals surface area contributed by atoms with Crippen molar-refractivity contribution in [2.75, 3.05) is 0 Å². The standard InChI is InChI=1S/C8H15I/c1-7(9)8-5-3-2-4-6-8/h7-8H,2-6H2,1H3. The van der Waals surface area contributed by atoms with E-state index in [-0.39, 0.29) is 0 Å². The topological polar surface area (TPSA) is 0 Å². The van der Waals surface area contributed by atoms with Gasteiger partial charge in [0.25, 0.3) is 0 Å². The third-order valence-electron chi connectivity index (χ3n) is 2.30. The van der Waals surface area contributed by atoms with Crippen molar-refractivity contribution in [3.05, 3.63) is 0 Å². The fourth-order valence-electron chi connectivity index (χ4n) is 1.59. The monoisotopic (exact) mass is 238 g/mol. The average Bonchev–Trinajstić information content (AvgIpc) is 1.90. The summed E-state index contributed by atoms with van der Waals surface area (Å²) in [7, 11) is 0. The van der Waals surface area contributed by atoms with Crippen molar-refractivity contribution in [3.8, 4) is 0 Å². The lowest BCUT2D eigenvalue weighted by Gasteiger charge is -2.23. The first-order valence-corrected chi connectivity index (χ1v) is 5.19. The highest BCUT2D eigenvalue weighted by molar-refractivity contribution is 14.1. The van der Waals surface area contributed by atoms with Gasteiger partial charge in [0, 0.05) is 3.92 Å². The van der Waals surface area contributed by atoms with Gasteiger partial charge in [0.2, 0.25) is 0 Å². The molecule has 9 heavy (non-hydrogen) atoms. The summed E-state index contributed by atoms with van der Waals surface area (Å²) in [5, 5.41) is 0. The van der Waals surface area contributed by atoms with E-state index in [0.29, 0.717) is 0 Å². The maximum absolute atomic E-state index is 2.56. The Bertz CT molecular complexity index is 72.6. The van der Waals surface area contributed by atoms with Crippen molar-refractivity contribution < 1.29 is 0 Å². The van der Waals surface area contributed by atoms with Crippen LogP contribution < -0.4 is 0 Å². The molecule has 0 amide bonds. The zero-order valence-corrected chi connectivity index (χ0v) is 8.23. The molecule has 1 heteroatoms. The lowest BCUT2D eigenvalue weighted by atomic mass is 9.88. The average molecular weight is 238 g/mol. The van der Waals surface area contributed by atoms with E-state index >= 15 is 0 Å². The Morgan fingerprint density at radius 3 is 2.11 bits per heavy atom. The van der Waals surface area contributed by atoms with Crippen LogP contribution in [-0.2, 0) is 0 Å². The quantitative estimate of drug-likeness (QED) is 0.485. The first-order valence-electron chi connectivity index (χ1n) is 3.95. The molecular formula is C8H15I. The summed E-state index contributed by atoms with van der Waals surface area (Å²) in [6, 6.07) is 0. The molecule has 0 heterocycles. The van der Waals surface area contributed by atoms with Crippen LogP contribution in [0.25, 0.3) is 0 Å². The zero-order valence-electron chi connectivity index (χ0n) is 6.07. The minimum absolute atomic E-state index is 0.905. The maximum Gasteiger partial charge on any atom is 0.0110 e. The van der Waals surface area contributed by atoms with Crippen molar-refractivity contribution in [1.29, 1.82) is 0 Å². The number of halogens is 1. The van der Waals surface area contributed by atoms with Crippen molar-refractivity contribution in [3.63, 3.8) is 0 Å². The van der Waals surface area contributed by atoms with Gasteiger partial charge in [-0.05, 0) is 18.8 Å². The maximum atomic E-state index is 2.56. The van der Waals surface area contributed by atoms with E-state index in [9.17, 15) is 0 Å². The molecule has 1 aliphatic rings. The first kappa shape index (κ1) is 7.83. The first-order chi connectivity index (χ1) is 4.30. The Morgan fingerprint density at radius 1 is 1.22 bits per heavy atom. The van der Waals surface area contributed by atoms with Gasteiger partial charge in [-0.25, -0.2) is 0 Å². The van der Waals surface area contributed by atoms with Crippen molar-refractivity contribution in [2.24, 2.45) is 5.92 Å². The molecule has 0 aromatic heterocycles. The highest BCUT2D eigenvalue weighted by atomic mass is 127. The van der Waals surface area contributed by atoms with E-state index in [4.69, 9.17) is 0 Å². The molecule has 0 saturated heterocycles. The summed E-state index contributed by atoms with van der Waals surface area (Å²) in [5.74, 6) is 1.04. The Hall–Kier alpha value is 0.730. The van der Waals surface area contributed by atoms with Gasteiger partial charge in [0.05, 0.1) is 0 Å². The molecule has 1 rings (SSSR count). The zero-order chi connectivity index (χ0) is 6.69. The fourth-order valence-corrected chi connectivity index (χ4v) is 2.31. The van der Waals surface area contributed by atoms with Crippen LogP contribution in [0.2, 0.25) is 0 Å². The van der Waals surface area contributed by atoms with E-state index in [1.807, 2.05) is 0 Å². The van der Waals surface area contributed by atoms with Crippen molar-refractivity contribution >= 4 is 22.6 Å². The molecule has 0 bridgehead atoms. The molecular weight excluding hydrogens is 223 g/mol. The third kappa shape index (κ3) is 2.44. The van der Waals surface area contributed by atoms with E-state index in [1.54, 1.807) is 0 Å². The predicted octanol–water partition coefficient (Wildman–Crippen LogP) is 3.39. The molecule has 0 spiro atoms. The van der Waals surface area contributed by atoms with Crippen LogP contribution in [0.1, 0.15) is 39.0 Å². The molecule has 0 nitrogen and oxygen atoms in total. The highest BCUT2D eigenvalue weighted by Crippen LogP contribution is 2.29. The van der Waals surface area contributed by atoms with E-state index in [1.165, 1.54) is 32.1 Å². The van der Waals surface area contributed by atoms with Gasteiger partial charge in [-0.2, -0.15) is 0 Å². The molecule has 0 N–H and O–H groups in total. The van der Waals surface area contributed by atoms with Crippen LogP contribution in [0, 0.1) is 5.92 Å². The van der Waals surface area contributed by atoms with E-state index in [2.05, 4.69) is 29.5 Å². The Labute approximate surface area is 71.5 Å². The molecule has 0 aromatic rings. The number of hydrogen-bond acceptors (Lipinski definition) is 0. The Balaban J connectivity index is 2.23. The van der Waals surface area contributed by atoms with Crippen molar-refractivity contribution in [1.82, 2.24) is 0 Å². The molecule has 0 radical (unpaired) electrons. The summed E-state index contributed by atoms with van der Waals surface area (Å²) in [6.07, 6.45) is 7.43. The predicted molar refractivity (Wildman–Crippen MR) is 50.1 cm³/mol.